The van der Waals surface area contributed by atoms with Gasteiger partial charge in [0, 0.05) is 18.9 Å². The van der Waals surface area contributed by atoms with Crippen molar-refractivity contribution in [2.75, 3.05) is 13.2 Å². The lowest BCUT2D eigenvalue weighted by atomic mass is 9.93. The Balaban J connectivity index is 1.55. The summed E-state index contributed by atoms with van der Waals surface area (Å²) in [4.78, 5) is 24.9. The molecule has 254 valence electrons. The van der Waals surface area contributed by atoms with E-state index in [-0.39, 0.29) is 24.5 Å². The van der Waals surface area contributed by atoms with Crippen LogP contribution in [0.15, 0.2) is 72.8 Å². The van der Waals surface area contributed by atoms with E-state index in [4.69, 9.17) is 13.9 Å². The second kappa shape index (κ2) is 19.2. The van der Waals surface area contributed by atoms with Crippen LogP contribution in [0, 0.1) is 0 Å². The van der Waals surface area contributed by atoms with E-state index < -0.39 is 32.0 Å². The summed E-state index contributed by atoms with van der Waals surface area (Å²) in [5, 5.41) is 13.5. The summed E-state index contributed by atoms with van der Waals surface area (Å²) in [6, 6.07) is 20.4. The molecular weight excluding hydrogens is 593 g/mol. The average molecular weight is 651 g/mol. The Morgan fingerprint density at radius 3 is 1.83 bits per heavy atom. The van der Waals surface area contributed by atoms with Crippen molar-refractivity contribution in [3.63, 3.8) is 0 Å². The van der Waals surface area contributed by atoms with E-state index in [1.807, 2.05) is 36.4 Å². The molecule has 0 radical (unpaired) electrons. The molecule has 0 amide bonds. The number of hydrogen-bond donors (Lipinski definition) is 1. The van der Waals surface area contributed by atoms with Crippen molar-refractivity contribution in [3.05, 3.63) is 72.8 Å². The minimum atomic E-state index is -2.92. The summed E-state index contributed by atoms with van der Waals surface area (Å²) in [6.45, 7) is 9.06. The Labute approximate surface area is 279 Å². The van der Waals surface area contributed by atoms with Crippen LogP contribution in [0.4, 0.5) is 0 Å². The van der Waals surface area contributed by atoms with Crippen LogP contribution in [0.25, 0.3) is 0 Å². The minimum absolute atomic E-state index is 0.0567. The standard InChI is InChI=1S/C39H58O6Si/c1-5-6-7-8-9-10-11-12-13-14-15-22-31-43-36(41)27-29-39(30-28-37(42)45-39)35(40)32-44-46(38(2,3)4,33-23-18-16-19-24-33)34-25-20-17-21-26-34/h16-21,23-27,29,35,40H,5-15,22,28,30-32H2,1-4H3/b29-27+/t35?,39-/m0/s1. The number of hydrogen-bond acceptors (Lipinski definition) is 6. The highest BCUT2D eigenvalue weighted by Gasteiger charge is 2.52. The summed E-state index contributed by atoms with van der Waals surface area (Å²) >= 11 is 0. The third kappa shape index (κ3) is 10.9. The van der Waals surface area contributed by atoms with Crippen molar-refractivity contribution in [1.82, 2.24) is 0 Å². The van der Waals surface area contributed by atoms with Gasteiger partial charge < -0.3 is 19.0 Å². The van der Waals surface area contributed by atoms with Gasteiger partial charge in [-0.2, -0.15) is 0 Å². The molecule has 6 nitrogen and oxygen atoms in total. The lowest BCUT2D eigenvalue weighted by Crippen LogP contribution is -2.67. The summed E-state index contributed by atoms with van der Waals surface area (Å²) in [7, 11) is -2.92. The van der Waals surface area contributed by atoms with E-state index in [1.165, 1.54) is 69.9 Å². The number of carbonyl (C=O) groups excluding carboxylic acids is 2. The Morgan fingerprint density at radius 2 is 1.37 bits per heavy atom. The van der Waals surface area contributed by atoms with Gasteiger partial charge in [-0.15, -0.1) is 0 Å². The van der Waals surface area contributed by atoms with Crippen LogP contribution in [0.1, 0.15) is 118 Å². The number of ether oxygens (including phenoxy) is 2. The molecule has 0 aromatic heterocycles. The lowest BCUT2D eigenvalue weighted by molar-refractivity contribution is -0.154. The fourth-order valence-corrected chi connectivity index (χ4v) is 11.1. The Morgan fingerprint density at radius 1 is 0.870 bits per heavy atom. The molecule has 3 rings (SSSR count). The molecule has 0 spiro atoms. The normalized spacial score (nSPS) is 17.7. The van der Waals surface area contributed by atoms with Gasteiger partial charge in [-0.05, 0) is 27.9 Å². The zero-order valence-corrected chi connectivity index (χ0v) is 29.8. The van der Waals surface area contributed by atoms with Crippen LogP contribution in [0.5, 0.6) is 0 Å². The average Bonchev–Trinajstić information content (AvgIpc) is 3.44. The van der Waals surface area contributed by atoms with Crippen molar-refractivity contribution in [3.8, 4) is 0 Å². The van der Waals surface area contributed by atoms with Gasteiger partial charge in [0.15, 0.2) is 5.60 Å². The van der Waals surface area contributed by atoms with E-state index in [0.717, 1.165) is 29.6 Å². The fourth-order valence-electron chi connectivity index (χ4n) is 6.55. The zero-order valence-electron chi connectivity index (χ0n) is 28.8. The molecule has 1 fully saturated rings. The van der Waals surface area contributed by atoms with Crippen molar-refractivity contribution in [2.24, 2.45) is 0 Å². The summed E-state index contributed by atoms with van der Waals surface area (Å²) < 4.78 is 18.1. The van der Waals surface area contributed by atoms with Crippen molar-refractivity contribution in [1.29, 1.82) is 0 Å². The van der Waals surface area contributed by atoms with Crippen LogP contribution in [-0.2, 0) is 23.5 Å². The molecule has 46 heavy (non-hydrogen) atoms. The van der Waals surface area contributed by atoms with Gasteiger partial charge in [0.05, 0.1) is 13.2 Å². The maximum Gasteiger partial charge on any atom is 0.330 e. The van der Waals surface area contributed by atoms with Gasteiger partial charge >= 0.3 is 11.9 Å². The number of aliphatic hydroxyl groups excluding tert-OH is 1. The van der Waals surface area contributed by atoms with Crippen LogP contribution < -0.4 is 10.4 Å². The Bertz CT molecular complexity index is 1150. The van der Waals surface area contributed by atoms with E-state index >= 15 is 0 Å². The molecule has 2 aromatic carbocycles. The van der Waals surface area contributed by atoms with Gasteiger partial charge in [0.2, 0.25) is 0 Å². The molecular formula is C39H58O6Si. The Hall–Kier alpha value is -2.74. The van der Waals surface area contributed by atoms with Crippen LogP contribution in [0.3, 0.4) is 0 Å². The number of carbonyl (C=O) groups is 2. The SMILES string of the molecule is CCCCCCCCCCCCCCOC(=O)/C=C/[C@@]1(C(O)CO[Si](c2ccccc2)(c2ccccc2)C(C)(C)C)CCC(=O)O1. The van der Waals surface area contributed by atoms with Gasteiger partial charge in [0.1, 0.15) is 6.10 Å². The maximum atomic E-state index is 12.6. The molecule has 0 bridgehead atoms. The number of unbranched alkanes of at least 4 members (excludes halogenated alkanes) is 11. The number of esters is 2. The summed E-state index contributed by atoms with van der Waals surface area (Å²) in [5.74, 6) is -0.899. The number of cyclic esters (lactones) is 1. The highest BCUT2D eigenvalue weighted by Crippen LogP contribution is 2.38. The third-order valence-electron chi connectivity index (χ3n) is 9.21. The van der Waals surface area contributed by atoms with Gasteiger partial charge in [-0.3, -0.25) is 4.79 Å². The van der Waals surface area contributed by atoms with E-state index in [2.05, 4.69) is 52.0 Å². The number of rotatable bonds is 21. The molecule has 7 heteroatoms. The third-order valence-corrected chi connectivity index (χ3v) is 14.2. The van der Waals surface area contributed by atoms with Crippen LogP contribution >= 0.6 is 0 Å². The molecule has 1 heterocycles. The number of aliphatic hydroxyl groups is 1. The second-order valence-corrected chi connectivity index (χ2v) is 18.1. The maximum absolute atomic E-state index is 12.6. The minimum Gasteiger partial charge on any atom is -0.463 e. The van der Waals surface area contributed by atoms with Crippen molar-refractivity contribution < 1.29 is 28.6 Å². The highest BCUT2D eigenvalue weighted by molar-refractivity contribution is 6.99. The number of benzene rings is 2. The smallest absolute Gasteiger partial charge is 0.330 e. The van der Waals surface area contributed by atoms with Crippen molar-refractivity contribution in [2.45, 2.75) is 134 Å². The first kappa shape index (κ1) is 37.7. The molecule has 1 unspecified atom stereocenters. The molecule has 1 aliphatic heterocycles. The molecule has 2 atom stereocenters. The second-order valence-electron chi connectivity index (χ2n) is 13.8. The Kier molecular flexibility index (Phi) is 15.7. The first-order valence-corrected chi connectivity index (χ1v) is 19.6. The largest absolute Gasteiger partial charge is 0.463 e. The molecule has 0 saturated carbocycles. The van der Waals surface area contributed by atoms with E-state index in [0.29, 0.717) is 6.61 Å². The first-order chi connectivity index (χ1) is 22.1. The quantitative estimate of drug-likeness (QED) is 0.0643. The van der Waals surface area contributed by atoms with Crippen LogP contribution in [-0.4, -0.2) is 50.3 Å². The summed E-state index contributed by atoms with van der Waals surface area (Å²) in [5.41, 5.74) is -1.35. The predicted octanol–water partition coefficient (Wildman–Crippen LogP) is 7.80. The highest BCUT2D eigenvalue weighted by atomic mass is 28.4. The van der Waals surface area contributed by atoms with Gasteiger partial charge in [-0.25, -0.2) is 4.79 Å². The molecule has 1 saturated heterocycles. The molecule has 1 N–H and O–H groups in total. The van der Waals surface area contributed by atoms with Crippen molar-refractivity contribution >= 4 is 30.6 Å². The van der Waals surface area contributed by atoms with E-state index in [1.54, 1.807) is 0 Å². The van der Waals surface area contributed by atoms with Gasteiger partial charge in [-0.1, -0.05) is 159 Å². The molecule has 0 aliphatic carbocycles. The van der Waals surface area contributed by atoms with E-state index in [9.17, 15) is 14.7 Å². The zero-order chi connectivity index (χ0) is 33.3. The topological polar surface area (TPSA) is 82.1 Å². The monoisotopic (exact) mass is 650 g/mol. The first-order valence-electron chi connectivity index (χ1n) is 17.7. The summed E-state index contributed by atoms with van der Waals surface area (Å²) in [6.07, 6.45) is 17.0. The predicted molar refractivity (Wildman–Crippen MR) is 189 cm³/mol. The lowest BCUT2D eigenvalue weighted by Gasteiger charge is -2.44. The van der Waals surface area contributed by atoms with Crippen LogP contribution in [0.2, 0.25) is 5.04 Å². The molecule has 2 aromatic rings. The van der Waals surface area contributed by atoms with Gasteiger partial charge in [0.25, 0.3) is 8.32 Å². The molecule has 1 aliphatic rings. The fraction of sp³-hybridized carbons (Fsp3) is 0.590.